The molecule has 2 aromatic carbocycles. The first-order valence-corrected chi connectivity index (χ1v) is 10.2. The van der Waals surface area contributed by atoms with E-state index in [4.69, 9.17) is 0 Å². The largest absolute Gasteiger partial charge is 0.365 e. The van der Waals surface area contributed by atoms with Gasteiger partial charge in [-0.05, 0) is 30.5 Å². The molecule has 1 amide bonds. The number of benzene rings is 2. The molecule has 158 valence electrons. The fraction of sp³-hybridized carbons (Fsp3) is 0.208. The van der Waals surface area contributed by atoms with E-state index in [-0.39, 0.29) is 11.5 Å². The molecule has 0 spiro atoms. The standard InChI is InChI=1S/C24H25N5O2/c1-16-13-28-23(25-11-10-18-6-4-3-5-7-18)24(31)29(16)22-15-27-21-12-19(8-9-20(21)22)14-26-17(2)30/h3-9,12-13,15,27H,10-11,14H2,1-2H3,(H,25,28)(H,26,30). The molecule has 0 unspecified atom stereocenters. The predicted octanol–water partition coefficient (Wildman–Crippen LogP) is 3.31. The van der Waals surface area contributed by atoms with E-state index in [0.717, 1.165) is 34.3 Å². The normalized spacial score (nSPS) is 10.9. The highest BCUT2D eigenvalue weighted by Gasteiger charge is 2.14. The van der Waals surface area contributed by atoms with Crippen molar-refractivity contribution in [3.05, 3.63) is 88.1 Å². The maximum atomic E-state index is 13.2. The van der Waals surface area contributed by atoms with E-state index < -0.39 is 0 Å². The van der Waals surface area contributed by atoms with Gasteiger partial charge in [0, 0.05) is 49.0 Å². The number of nitrogens with zero attached hydrogens (tertiary/aromatic N) is 2. The molecular formula is C24H25N5O2. The lowest BCUT2D eigenvalue weighted by Gasteiger charge is -2.12. The zero-order valence-corrected chi connectivity index (χ0v) is 17.6. The van der Waals surface area contributed by atoms with Crippen LogP contribution >= 0.6 is 0 Å². The number of anilines is 1. The van der Waals surface area contributed by atoms with E-state index >= 15 is 0 Å². The number of H-pyrrole nitrogens is 1. The second-order valence-corrected chi connectivity index (χ2v) is 7.51. The number of hydrogen-bond donors (Lipinski definition) is 3. The van der Waals surface area contributed by atoms with Crippen molar-refractivity contribution in [2.24, 2.45) is 0 Å². The number of carbonyl (C=O) groups excluding carboxylic acids is 1. The van der Waals surface area contributed by atoms with E-state index in [9.17, 15) is 9.59 Å². The Hall–Kier alpha value is -3.87. The number of hydrogen-bond acceptors (Lipinski definition) is 4. The summed E-state index contributed by atoms with van der Waals surface area (Å²) < 4.78 is 1.67. The molecule has 0 fully saturated rings. The molecule has 0 aliphatic heterocycles. The van der Waals surface area contributed by atoms with E-state index in [1.807, 2.05) is 49.5 Å². The summed E-state index contributed by atoms with van der Waals surface area (Å²) >= 11 is 0. The van der Waals surface area contributed by atoms with Crippen LogP contribution in [0.1, 0.15) is 23.7 Å². The molecule has 0 saturated heterocycles. The molecule has 3 N–H and O–H groups in total. The summed E-state index contributed by atoms with van der Waals surface area (Å²) in [7, 11) is 0. The highest BCUT2D eigenvalue weighted by molar-refractivity contribution is 5.89. The van der Waals surface area contributed by atoms with Crippen molar-refractivity contribution in [1.29, 1.82) is 0 Å². The molecule has 2 heterocycles. The van der Waals surface area contributed by atoms with Crippen molar-refractivity contribution in [3.63, 3.8) is 0 Å². The fourth-order valence-electron chi connectivity index (χ4n) is 3.61. The Labute approximate surface area is 180 Å². The minimum Gasteiger partial charge on any atom is -0.365 e. The molecular weight excluding hydrogens is 390 g/mol. The van der Waals surface area contributed by atoms with Gasteiger partial charge in [-0.3, -0.25) is 14.2 Å². The Kier molecular flexibility index (Phi) is 5.84. The van der Waals surface area contributed by atoms with Gasteiger partial charge < -0.3 is 15.6 Å². The van der Waals surface area contributed by atoms with Gasteiger partial charge in [0.25, 0.3) is 5.56 Å². The Morgan fingerprint density at radius 1 is 1.13 bits per heavy atom. The van der Waals surface area contributed by atoms with Crippen molar-refractivity contribution in [2.75, 3.05) is 11.9 Å². The fourth-order valence-corrected chi connectivity index (χ4v) is 3.61. The van der Waals surface area contributed by atoms with Gasteiger partial charge in [0.05, 0.1) is 5.69 Å². The molecule has 0 atom stereocenters. The van der Waals surface area contributed by atoms with E-state index in [1.165, 1.54) is 12.5 Å². The first-order valence-electron chi connectivity index (χ1n) is 10.2. The monoisotopic (exact) mass is 415 g/mol. The van der Waals surface area contributed by atoms with Crippen LogP contribution in [-0.4, -0.2) is 27.0 Å². The average molecular weight is 415 g/mol. The van der Waals surface area contributed by atoms with Crippen LogP contribution in [0.15, 0.2) is 65.7 Å². The van der Waals surface area contributed by atoms with Crippen LogP contribution in [0.25, 0.3) is 16.6 Å². The quantitative estimate of drug-likeness (QED) is 0.432. The number of fused-ring (bicyclic) bond motifs is 1. The van der Waals surface area contributed by atoms with Crippen LogP contribution in [0.3, 0.4) is 0 Å². The topological polar surface area (TPSA) is 91.8 Å². The minimum absolute atomic E-state index is 0.0708. The van der Waals surface area contributed by atoms with Gasteiger partial charge in [-0.25, -0.2) is 4.98 Å². The number of carbonyl (C=O) groups is 1. The molecule has 7 nitrogen and oxygen atoms in total. The number of nitrogens with one attached hydrogen (secondary N) is 3. The van der Waals surface area contributed by atoms with E-state index in [0.29, 0.717) is 18.9 Å². The maximum absolute atomic E-state index is 13.2. The third-order valence-electron chi connectivity index (χ3n) is 5.19. The number of aromatic amines is 1. The van der Waals surface area contributed by atoms with Crippen LogP contribution in [0.5, 0.6) is 0 Å². The molecule has 0 bridgehead atoms. The first-order chi connectivity index (χ1) is 15.0. The van der Waals surface area contributed by atoms with Gasteiger partial charge in [0.2, 0.25) is 5.91 Å². The highest BCUT2D eigenvalue weighted by atomic mass is 16.1. The Morgan fingerprint density at radius 3 is 2.71 bits per heavy atom. The Balaban J connectivity index is 1.60. The Morgan fingerprint density at radius 2 is 1.94 bits per heavy atom. The Bertz CT molecular complexity index is 1270. The van der Waals surface area contributed by atoms with Gasteiger partial charge in [0.15, 0.2) is 5.82 Å². The van der Waals surface area contributed by atoms with Crippen LogP contribution in [-0.2, 0) is 17.8 Å². The summed E-state index contributed by atoms with van der Waals surface area (Å²) in [6, 6.07) is 16.0. The number of aromatic nitrogens is 3. The highest BCUT2D eigenvalue weighted by Crippen LogP contribution is 2.23. The second kappa shape index (κ2) is 8.87. The zero-order valence-electron chi connectivity index (χ0n) is 17.6. The van der Waals surface area contributed by atoms with E-state index in [2.05, 4.69) is 32.7 Å². The predicted molar refractivity (Wildman–Crippen MR) is 123 cm³/mol. The molecule has 7 heteroatoms. The van der Waals surface area contributed by atoms with Crippen molar-refractivity contribution in [3.8, 4) is 5.69 Å². The van der Waals surface area contributed by atoms with Crippen LogP contribution in [0.2, 0.25) is 0 Å². The van der Waals surface area contributed by atoms with E-state index in [1.54, 1.807) is 10.8 Å². The molecule has 0 aliphatic carbocycles. The van der Waals surface area contributed by atoms with Gasteiger partial charge in [-0.2, -0.15) is 0 Å². The van der Waals surface area contributed by atoms with Crippen molar-refractivity contribution >= 4 is 22.6 Å². The van der Waals surface area contributed by atoms with Crippen molar-refractivity contribution in [1.82, 2.24) is 19.9 Å². The first kappa shape index (κ1) is 20.4. The lowest BCUT2D eigenvalue weighted by molar-refractivity contribution is -0.119. The van der Waals surface area contributed by atoms with Crippen LogP contribution < -0.4 is 16.2 Å². The third-order valence-corrected chi connectivity index (χ3v) is 5.19. The minimum atomic E-state index is -0.184. The second-order valence-electron chi connectivity index (χ2n) is 7.51. The van der Waals surface area contributed by atoms with Gasteiger partial charge in [-0.15, -0.1) is 0 Å². The molecule has 31 heavy (non-hydrogen) atoms. The van der Waals surface area contributed by atoms with Crippen molar-refractivity contribution in [2.45, 2.75) is 26.8 Å². The summed E-state index contributed by atoms with van der Waals surface area (Å²) in [5.74, 6) is 0.261. The summed E-state index contributed by atoms with van der Waals surface area (Å²) in [5, 5.41) is 6.91. The van der Waals surface area contributed by atoms with Crippen LogP contribution in [0.4, 0.5) is 5.82 Å². The summed E-state index contributed by atoms with van der Waals surface area (Å²) in [6.07, 6.45) is 4.34. The lowest BCUT2D eigenvalue weighted by Crippen LogP contribution is -2.26. The SMILES string of the molecule is CC(=O)NCc1ccc2c(-n3c(C)cnc(NCCc4ccccc4)c3=O)c[nH]c2c1. The molecule has 0 saturated carbocycles. The number of aryl methyl sites for hydroxylation is 1. The molecule has 0 radical (unpaired) electrons. The summed E-state index contributed by atoms with van der Waals surface area (Å²) in [6.45, 7) is 4.45. The average Bonchev–Trinajstić information content (AvgIpc) is 3.18. The molecule has 4 aromatic rings. The zero-order chi connectivity index (χ0) is 21.8. The molecule has 0 aliphatic rings. The molecule has 2 aromatic heterocycles. The van der Waals surface area contributed by atoms with Crippen molar-refractivity contribution < 1.29 is 4.79 Å². The molecule has 4 rings (SSSR count). The van der Waals surface area contributed by atoms with Gasteiger partial charge in [0.1, 0.15) is 0 Å². The van der Waals surface area contributed by atoms with Gasteiger partial charge >= 0.3 is 0 Å². The smallest absolute Gasteiger partial charge is 0.298 e. The summed E-state index contributed by atoms with van der Waals surface area (Å²) in [4.78, 5) is 31.9. The maximum Gasteiger partial charge on any atom is 0.298 e. The number of amides is 1. The van der Waals surface area contributed by atoms with Crippen LogP contribution in [0, 0.1) is 6.92 Å². The summed E-state index contributed by atoms with van der Waals surface area (Å²) in [5.41, 5.74) is 4.43. The lowest BCUT2D eigenvalue weighted by atomic mass is 10.1. The van der Waals surface area contributed by atoms with Gasteiger partial charge in [-0.1, -0.05) is 42.5 Å². The number of rotatable bonds is 7. The third kappa shape index (κ3) is 4.50.